The molecule has 8 rings (SSSR count). The zero-order chi connectivity index (χ0) is 42.0. The fraction of sp³-hybridized carbons (Fsp3) is 0.280. The lowest BCUT2D eigenvalue weighted by atomic mass is 9.70. The van der Waals surface area contributed by atoms with Gasteiger partial charge in [-0.2, -0.15) is 0 Å². The van der Waals surface area contributed by atoms with Crippen LogP contribution in [0.1, 0.15) is 64.4 Å². The van der Waals surface area contributed by atoms with Crippen molar-refractivity contribution in [1.29, 1.82) is 0 Å². The van der Waals surface area contributed by atoms with Crippen LogP contribution in [0, 0.1) is 11.8 Å². The van der Waals surface area contributed by atoms with Gasteiger partial charge >= 0.3 is 0 Å². The van der Waals surface area contributed by atoms with E-state index < -0.39 is 16.6 Å². The van der Waals surface area contributed by atoms with Crippen LogP contribution in [0.15, 0.2) is 164 Å². The molecular weight excluding hydrogens is 775 g/mol. The lowest BCUT2D eigenvalue weighted by Gasteiger charge is -2.51. The molecule has 0 aliphatic heterocycles. The molecular formula is C50H55N5O3Si2. The van der Waals surface area contributed by atoms with Crippen LogP contribution in [0.25, 0.3) is 11.2 Å². The first-order chi connectivity index (χ1) is 28.9. The van der Waals surface area contributed by atoms with Gasteiger partial charge < -0.3 is 18.7 Å². The summed E-state index contributed by atoms with van der Waals surface area (Å²) in [5.41, 5.74) is 1.78. The van der Waals surface area contributed by atoms with Gasteiger partial charge in [-0.25, -0.2) is 15.0 Å². The maximum absolute atomic E-state index is 13.3. The van der Waals surface area contributed by atoms with Gasteiger partial charge in [-0.15, -0.1) is 0 Å². The molecule has 3 atom stereocenters. The van der Waals surface area contributed by atoms with Gasteiger partial charge in [0, 0.05) is 30.7 Å². The summed E-state index contributed by atoms with van der Waals surface area (Å²) < 4.78 is 17.5. The first kappa shape index (κ1) is 41.2. The van der Waals surface area contributed by atoms with Crippen LogP contribution in [-0.4, -0.2) is 55.3 Å². The Morgan fingerprint density at radius 2 is 1.05 bits per heavy atom. The van der Waals surface area contributed by atoms with Gasteiger partial charge in [-0.3, -0.25) is 4.79 Å². The van der Waals surface area contributed by atoms with Gasteiger partial charge in [0.05, 0.1) is 6.33 Å². The maximum Gasteiger partial charge on any atom is 0.261 e. The zero-order valence-electron chi connectivity index (χ0n) is 35.5. The predicted octanol–water partition coefficient (Wildman–Crippen LogP) is 8.41. The number of carbonyl (C=O) groups is 1. The fourth-order valence-electron chi connectivity index (χ4n) is 9.47. The van der Waals surface area contributed by atoms with Crippen LogP contribution in [0.4, 0.5) is 5.82 Å². The molecule has 10 heteroatoms. The number of benzene rings is 5. The Kier molecular flexibility index (Phi) is 11.6. The highest BCUT2D eigenvalue weighted by Crippen LogP contribution is 2.48. The van der Waals surface area contributed by atoms with Crippen molar-refractivity contribution in [3.63, 3.8) is 0 Å². The SMILES string of the molecule is CC(C)(C)[Si](OC[C@H]1C[C@@H](n2cnc3c(NC(=O)c4ccccc4)ncnc32)[C@@H]1CO[Si](c1ccccc1)(c1ccccc1)C(C)(C)C)(c1ccccc1)c1ccccc1. The second kappa shape index (κ2) is 16.9. The van der Waals surface area contributed by atoms with Crippen molar-refractivity contribution in [2.24, 2.45) is 11.8 Å². The van der Waals surface area contributed by atoms with E-state index >= 15 is 0 Å². The molecule has 2 heterocycles. The van der Waals surface area contributed by atoms with Crippen LogP contribution < -0.4 is 26.1 Å². The second-order valence-corrected chi connectivity index (χ2v) is 26.7. The van der Waals surface area contributed by atoms with E-state index in [1.165, 1.54) is 27.1 Å². The largest absolute Gasteiger partial charge is 0.407 e. The maximum atomic E-state index is 13.3. The molecule has 0 radical (unpaired) electrons. The topological polar surface area (TPSA) is 91.2 Å². The molecule has 5 aromatic carbocycles. The quantitative estimate of drug-likeness (QED) is 0.118. The van der Waals surface area contributed by atoms with Gasteiger partial charge in [-0.05, 0) is 55.3 Å². The molecule has 2 aromatic heterocycles. The molecule has 0 saturated heterocycles. The number of carbonyl (C=O) groups excluding carboxylic acids is 1. The van der Waals surface area contributed by atoms with E-state index in [4.69, 9.17) is 18.8 Å². The van der Waals surface area contributed by atoms with Gasteiger partial charge in [0.25, 0.3) is 22.5 Å². The third-order valence-corrected chi connectivity index (χ3v) is 22.5. The van der Waals surface area contributed by atoms with Gasteiger partial charge in [0.1, 0.15) is 6.33 Å². The molecule has 0 unspecified atom stereocenters. The summed E-state index contributed by atoms with van der Waals surface area (Å²) in [6.07, 6.45) is 4.22. The van der Waals surface area contributed by atoms with Gasteiger partial charge in [0.15, 0.2) is 17.0 Å². The number of hydrogen-bond acceptors (Lipinski definition) is 6. The number of nitrogens with zero attached hydrogens (tertiary/aromatic N) is 4. The van der Waals surface area contributed by atoms with E-state index in [2.05, 4.69) is 178 Å². The highest BCUT2D eigenvalue weighted by atomic mass is 28.4. The number of rotatable bonds is 13. The number of imidazole rings is 1. The van der Waals surface area contributed by atoms with E-state index in [-0.39, 0.29) is 33.9 Å². The zero-order valence-corrected chi connectivity index (χ0v) is 37.5. The highest BCUT2D eigenvalue weighted by molar-refractivity contribution is 7.00. The average Bonchev–Trinajstić information content (AvgIpc) is 3.68. The monoisotopic (exact) mass is 829 g/mol. The molecule has 1 fully saturated rings. The number of fused-ring (bicyclic) bond motifs is 1. The van der Waals surface area contributed by atoms with E-state index in [0.29, 0.717) is 35.8 Å². The molecule has 306 valence electrons. The molecule has 1 amide bonds. The van der Waals surface area contributed by atoms with Crippen LogP contribution >= 0.6 is 0 Å². The Hall–Kier alpha value is -5.53. The number of amides is 1. The first-order valence-corrected chi connectivity index (χ1v) is 24.8. The van der Waals surface area contributed by atoms with Gasteiger partial charge in [0.2, 0.25) is 0 Å². The van der Waals surface area contributed by atoms with Crippen LogP contribution in [0.2, 0.25) is 10.1 Å². The summed E-state index contributed by atoms with van der Waals surface area (Å²) in [6.45, 7) is 15.1. The molecule has 8 nitrogen and oxygen atoms in total. The Labute approximate surface area is 356 Å². The van der Waals surface area contributed by atoms with E-state index in [1.54, 1.807) is 12.1 Å². The molecule has 1 N–H and O–H groups in total. The second-order valence-electron chi connectivity index (χ2n) is 18.0. The summed E-state index contributed by atoms with van der Waals surface area (Å²) in [6, 6.07) is 52.6. The standard InChI is InChI=1S/C50H55N5O3Si2/c1-49(2,3)59(39-24-14-8-15-25-39,40-26-16-9-17-27-40)57-33-38-32-44(55-36-53-45-46(51-35-52-47(45)55)54-48(56)37-22-12-7-13-23-37)43(38)34-58-60(50(4,5)6,41-28-18-10-19-29-41)42-30-20-11-21-31-42/h7-31,35-36,38,43-44H,32-34H2,1-6H3,(H,51,52,54,56)/t38-,43-,44-/m1/s1. The van der Waals surface area contributed by atoms with E-state index in [9.17, 15) is 4.79 Å². The molecule has 60 heavy (non-hydrogen) atoms. The summed E-state index contributed by atoms with van der Waals surface area (Å²) in [5, 5.41) is 7.68. The molecule has 1 aliphatic carbocycles. The molecule has 0 bridgehead atoms. The summed E-state index contributed by atoms with van der Waals surface area (Å²) in [7, 11) is -5.69. The highest BCUT2D eigenvalue weighted by Gasteiger charge is 2.54. The van der Waals surface area contributed by atoms with Gasteiger partial charge in [-0.1, -0.05) is 181 Å². The Morgan fingerprint density at radius 3 is 1.50 bits per heavy atom. The minimum Gasteiger partial charge on any atom is -0.407 e. The van der Waals surface area contributed by atoms with Crippen molar-refractivity contribution in [2.75, 3.05) is 18.5 Å². The first-order valence-electron chi connectivity index (χ1n) is 21.0. The smallest absolute Gasteiger partial charge is 0.261 e. The minimum atomic E-state index is -2.88. The molecule has 1 aliphatic rings. The summed E-state index contributed by atoms with van der Waals surface area (Å²) in [5.74, 6) is 0.399. The number of nitrogens with one attached hydrogen (secondary N) is 1. The minimum absolute atomic E-state index is 0.0218. The van der Waals surface area contributed by atoms with Crippen LogP contribution in [0.5, 0.6) is 0 Å². The van der Waals surface area contributed by atoms with Crippen molar-refractivity contribution in [2.45, 2.75) is 64.1 Å². The average molecular weight is 830 g/mol. The van der Waals surface area contributed by atoms with Crippen molar-refractivity contribution in [3.05, 3.63) is 170 Å². The van der Waals surface area contributed by atoms with Crippen LogP contribution in [0.3, 0.4) is 0 Å². The van der Waals surface area contributed by atoms with Crippen LogP contribution in [-0.2, 0) is 8.85 Å². The third-order valence-electron chi connectivity index (χ3n) is 12.5. The van der Waals surface area contributed by atoms with Crippen molar-refractivity contribution in [1.82, 2.24) is 19.5 Å². The lowest BCUT2D eigenvalue weighted by Crippen LogP contribution is -2.68. The molecule has 1 saturated carbocycles. The Balaban J connectivity index is 1.19. The third kappa shape index (κ3) is 7.58. The number of anilines is 1. The molecule has 7 aromatic rings. The van der Waals surface area contributed by atoms with E-state index in [1.807, 2.05) is 24.5 Å². The summed E-state index contributed by atoms with van der Waals surface area (Å²) in [4.78, 5) is 27.3. The number of hydrogen-bond donors (Lipinski definition) is 1. The predicted molar refractivity (Wildman–Crippen MR) is 247 cm³/mol. The normalized spacial score (nSPS) is 17.3. The van der Waals surface area contributed by atoms with Crippen molar-refractivity contribution < 1.29 is 13.6 Å². The lowest BCUT2D eigenvalue weighted by molar-refractivity contribution is 0.00314. The van der Waals surface area contributed by atoms with Crippen molar-refractivity contribution >= 4 is 60.3 Å². The van der Waals surface area contributed by atoms with E-state index in [0.717, 1.165) is 6.42 Å². The number of aromatic nitrogens is 4. The fourth-order valence-corrected chi connectivity index (χ4v) is 18.7. The van der Waals surface area contributed by atoms with Crippen molar-refractivity contribution in [3.8, 4) is 0 Å². The Bertz CT molecular complexity index is 2430. The molecule has 0 spiro atoms. The summed E-state index contributed by atoms with van der Waals surface area (Å²) >= 11 is 0. The Morgan fingerprint density at radius 1 is 0.617 bits per heavy atom.